The molecule has 0 saturated carbocycles. The van der Waals surface area contributed by atoms with Crippen LogP contribution in [0.3, 0.4) is 0 Å². The van der Waals surface area contributed by atoms with Crippen LogP contribution in [0.2, 0.25) is 0 Å². The van der Waals surface area contributed by atoms with Gasteiger partial charge in [0.1, 0.15) is 5.82 Å². The summed E-state index contributed by atoms with van der Waals surface area (Å²) in [5.41, 5.74) is 3.39. The molecular formula is C21H23N5O. The van der Waals surface area contributed by atoms with E-state index in [1.165, 1.54) is 0 Å². The summed E-state index contributed by atoms with van der Waals surface area (Å²) in [5.74, 6) is 1.30. The molecular weight excluding hydrogens is 338 g/mol. The van der Waals surface area contributed by atoms with E-state index in [1.54, 1.807) is 0 Å². The summed E-state index contributed by atoms with van der Waals surface area (Å²) in [7, 11) is 3.88. The molecule has 0 fully saturated rings. The fourth-order valence-electron chi connectivity index (χ4n) is 2.63. The Morgan fingerprint density at radius 2 is 1.70 bits per heavy atom. The lowest BCUT2D eigenvalue weighted by atomic mass is 10.1. The number of anilines is 4. The quantitative estimate of drug-likeness (QED) is 0.699. The van der Waals surface area contributed by atoms with Crippen molar-refractivity contribution in [1.29, 1.82) is 0 Å². The Bertz CT molecular complexity index is 925. The van der Waals surface area contributed by atoms with Gasteiger partial charge in [0.25, 0.3) is 0 Å². The van der Waals surface area contributed by atoms with Gasteiger partial charge in [-0.2, -0.15) is 4.98 Å². The molecule has 1 heterocycles. The molecule has 0 aliphatic heterocycles. The fourth-order valence-corrected chi connectivity index (χ4v) is 2.63. The van der Waals surface area contributed by atoms with E-state index in [2.05, 4.69) is 20.6 Å². The van der Waals surface area contributed by atoms with Crippen molar-refractivity contribution in [2.45, 2.75) is 13.3 Å². The number of amides is 1. The summed E-state index contributed by atoms with van der Waals surface area (Å²) < 4.78 is 0. The highest BCUT2D eigenvalue weighted by atomic mass is 16.1. The standard InChI is InChI=1S/C21H23N5O/c1-15-12-19(26(2)3)25-21(22-15)24-18-11-7-10-17(14-18)23-20(27)13-16-8-5-4-6-9-16/h4-12,14H,13H2,1-3H3,(H,23,27)(H,22,24,25). The third-order valence-electron chi connectivity index (χ3n) is 3.91. The zero-order chi connectivity index (χ0) is 19.2. The molecule has 0 radical (unpaired) electrons. The lowest BCUT2D eigenvalue weighted by molar-refractivity contribution is -0.115. The number of hydrogen-bond donors (Lipinski definition) is 2. The predicted octanol–water partition coefficient (Wildman–Crippen LogP) is 3.78. The first kappa shape index (κ1) is 18.4. The lowest BCUT2D eigenvalue weighted by Gasteiger charge is -2.14. The summed E-state index contributed by atoms with van der Waals surface area (Å²) in [6, 6.07) is 19.1. The van der Waals surface area contributed by atoms with E-state index >= 15 is 0 Å². The molecule has 1 aromatic heterocycles. The van der Waals surface area contributed by atoms with Crippen molar-refractivity contribution in [1.82, 2.24) is 9.97 Å². The molecule has 0 spiro atoms. The van der Waals surface area contributed by atoms with Gasteiger partial charge in [-0.3, -0.25) is 4.79 Å². The Hall–Kier alpha value is -3.41. The Kier molecular flexibility index (Phi) is 5.66. The van der Waals surface area contributed by atoms with Crippen LogP contribution in [-0.2, 0) is 11.2 Å². The van der Waals surface area contributed by atoms with Crippen molar-refractivity contribution in [3.05, 3.63) is 71.9 Å². The summed E-state index contributed by atoms with van der Waals surface area (Å²) >= 11 is 0. The van der Waals surface area contributed by atoms with Crippen molar-refractivity contribution < 1.29 is 4.79 Å². The zero-order valence-electron chi connectivity index (χ0n) is 15.7. The molecule has 6 heteroatoms. The van der Waals surface area contributed by atoms with Gasteiger partial charge in [-0.1, -0.05) is 36.4 Å². The van der Waals surface area contributed by atoms with Crippen LogP contribution in [0.25, 0.3) is 0 Å². The predicted molar refractivity (Wildman–Crippen MR) is 110 cm³/mol. The lowest BCUT2D eigenvalue weighted by Crippen LogP contribution is -2.14. The van der Waals surface area contributed by atoms with Crippen LogP contribution >= 0.6 is 0 Å². The van der Waals surface area contributed by atoms with Gasteiger partial charge in [0, 0.05) is 37.2 Å². The highest BCUT2D eigenvalue weighted by Gasteiger charge is 2.07. The molecule has 2 N–H and O–H groups in total. The first-order chi connectivity index (χ1) is 13.0. The maximum atomic E-state index is 12.3. The zero-order valence-corrected chi connectivity index (χ0v) is 15.7. The van der Waals surface area contributed by atoms with Gasteiger partial charge in [0.2, 0.25) is 11.9 Å². The van der Waals surface area contributed by atoms with Crippen LogP contribution in [0.1, 0.15) is 11.3 Å². The Labute approximate surface area is 159 Å². The topological polar surface area (TPSA) is 70.2 Å². The average molecular weight is 361 g/mol. The third-order valence-corrected chi connectivity index (χ3v) is 3.91. The molecule has 0 saturated heterocycles. The van der Waals surface area contributed by atoms with Crippen molar-refractivity contribution in [2.75, 3.05) is 29.6 Å². The SMILES string of the molecule is Cc1cc(N(C)C)nc(Nc2cccc(NC(=O)Cc3ccccc3)c2)n1. The van der Waals surface area contributed by atoms with Gasteiger partial charge in [-0.25, -0.2) is 4.98 Å². The highest BCUT2D eigenvalue weighted by molar-refractivity contribution is 5.92. The number of carbonyl (C=O) groups is 1. The van der Waals surface area contributed by atoms with Crippen LogP contribution < -0.4 is 15.5 Å². The molecule has 3 rings (SSSR count). The highest BCUT2D eigenvalue weighted by Crippen LogP contribution is 2.20. The number of aromatic nitrogens is 2. The number of carbonyl (C=O) groups excluding carboxylic acids is 1. The smallest absolute Gasteiger partial charge is 0.229 e. The van der Waals surface area contributed by atoms with E-state index < -0.39 is 0 Å². The summed E-state index contributed by atoms with van der Waals surface area (Å²) in [6.07, 6.45) is 0.339. The second kappa shape index (κ2) is 8.31. The van der Waals surface area contributed by atoms with Gasteiger partial charge < -0.3 is 15.5 Å². The van der Waals surface area contributed by atoms with Crippen molar-refractivity contribution in [3.63, 3.8) is 0 Å². The maximum absolute atomic E-state index is 12.3. The minimum absolute atomic E-state index is 0.0555. The summed E-state index contributed by atoms with van der Waals surface area (Å²) in [4.78, 5) is 23.1. The fraction of sp³-hybridized carbons (Fsp3) is 0.190. The molecule has 1 amide bonds. The van der Waals surface area contributed by atoms with E-state index in [1.807, 2.05) is 86.6 Å². The van der Waals surface area contributed by atoms with E-state index in [0.717, 1.165) is 28.5 Å². The molecule has 27 heavy (non-hydrogen) atoms. The minimum atomic E-state index is -0.0555. The maximum Gasteiger partial charge on any atom is 0.229 e. The van der Waals surface area contributed by atoms with E-state index in [-0.39, 0.29) is 5.91 Å². The number of hydrogen-bond acceptors (Lipinski definition) is 5. The van der Waals surface area contributed by atoms with Crippen LogP contribution in [-0.4, -0.2) is 30.0 Å². The summed E-state index contributed by atoms with van der Waals surface area (Å²) in [6.45, 7) is 1.93. The monoisotopic (exact) mass is 361 g/mol. The Balaban J connectivity index is 1.69. The minimum Gasteiger partial charge on any atom is -0.363 e. The van der Waals surface area contributed by atoms with Crippen molar-refractivity contribution >= 4 is 29.0 Å². The van der Waals surface area contributed by atoms with Crippen LogP contribution in [0.4, 0.5) is 23.1 Å². The van der Waals surface area contributed by atoms with Gasteiger partial charge >= 0.3 is 0 Å². The Morgan fingerprint density at radius 3 is 2.44 bits per heavy atom. The van der Waals surface area contributed by atoms with Gasteiger partial charge in [-0.15, -0.1) is 0 Å². The second-order valence-corrected chi connectivity index (χ2v) is 6.50. The third kappa shape index (κ3) is 5.28. The number of rotatable bonds is 6. The van der Waals surface area contributed by atoms with Crippen LogP contribution in [0, 0.1) is 6.92 Å². The average Bonchev–Trinajstić information content (AvgIpc) is 2.62. The van der Waals surface area contributed by atoms with Gasteiger partial charge in [-0.05, 0) is 30.7 Å². The Morgan fingerprint density at radius 1 is 0.963 bits per heavy atom. The molecule has 0 atom stereocenters. The van der Waals surface area contributed by atoms with E-state index in [0.29, 0.717) is 12.4 Å². The summed E-state index contributed by atoms with van der Waals surface area (Å²) in [5, 5.41) is 6.13. The number of nitrogens with zero attached hydrogens (tertiary/aromatic N) is 3. The molecule has 0 bridgehead atoms. The molecule has 2 aromatic carbocycles. The van der Waals surface area contributed by atoms with Gasteiger partial charge in [0.05, 0.1) is 6.42 Å². The normalized spacial score (nSPS) is 10.3. The molecule has 0 unspecified atom stereocenters. The molecule has 0 aliphatic carbocycles. The largest absolute Gasteiger partial charge is 0.363 e. The van der Waals surface area contributed by atoms with Crippen molar-refractivity contribution in [3.8, 4) is 0 Å². The number of benzene rings is 2. The van der Waals surface area contributed by atoms with Crippen LogP contribution in [0.5, 0.6) is 0 Å². The van der Waals surface area contributed by atoms with E-state index in [4.69, 9.17) is 0 Å². The molecule has 0 aliphatic rings. The van der Waals surface area contributed by atoms with Crippen LogP contribution in [0.15, 0.2) is 60.7 Å². The number of aryl methyl sites for hydroxylation is 1. The first-order valence-electron chi connectivity index (χ1n) is 8.73. The van der Waals surface area contributed by atoms with Crippen molar-refractivity contribution in [2.24, 2.45) is 0 Å². The second-order valence-electron chi connectivity index (χ2n) is 6.50. The number of nitrogens with one attached hydrogen (secondary N) is 2. The van der Waals surface area contributed by atoms with Gasteiger partial charge in [0.15, 0.2) is 0 Å². The molecule has 138 valence electrons. The molecule has 6 nitrogen and oxygen atoms in total. The first-order valence-corrected chi connectivity index (χ1v) is 8.73. The van der Waals surface area contributed by atoms with E-state index in [9.17, 15) is 4.79 Å². The molecule has 3 aromatic rings.